The fraction of sp³-hybridized carbons (Fsp3) is 0.423. The van der Waals surface area contributed by atoms with Crippen molar-refractivity contribution in [3.63, 3.8) is 0 Å². The molecule has 0 saturated heterocycles. The molecule has 1 atom stereocenters. The number of nitrogens with one attached hydrogen (secondary N) is 4. The van der Waals surface area contributed by atoms with Crippen molar-refractivity contribution >= 4 is 17.7 Å². The number of benzene rings is 2. The maximum atomic E-state index is 12.9. The third kappa shape index (κ3) is 10.1. The Balaban J connectivity index is 1.93. The predicted octanol–water partition coefficient (Wildman–Crippen LogP) is 3.32. The van der Waals surface area contributed by atoms with Crippen molar-refractivity contribution in [2.24, 2.45) is 0 Å². The number of amides is 3. The smallest absolute Gasteiger partial charge is 0.350 e. The van der Waals surface area contributed by atoms with E-state index in [1.165, 1.54) is 6.07 Å². The fourth-order valence-electron chi connectivity index (χ4n) is 3.26. The summed E-state index contributed by atoms with van der Waals surface area (Å²) in [6.07, 6.45) is -4.30. The lowest BCUT2D eigenvalue weighted by Crippen LogP contribution is -2.54. The van der Waals surface area contributed by atoms with E-state index in [0.717, 1.165) is 23.3 Å². The third-order valence-corrected chi connectivity index (χ3v) is 5.07. The van der Waals surface area contributed by atoms with Crippen LogP contribution >= 0.6 is 0 Å². The molecule has 2 rings (SSSR count). The SMILES string of the molecule is Cc1ccc(CNCC[C@H](NC(=O)CNC(=O)c2cccc(C(F)(F)F)c2)C(=O)NC(C)(C)C)cc1. The molecule has 0 spiro atoms. The Kier molecular flexibility index (Phi) is 10.0. The van der Waals surface area contributed by atoms with Crippen LogP contribution in [0.3, 0.4) is 0 Å². The van der Waals surface area contributed by atoms with Crippen LogP contribution in [0.15, 0.2) is 48.5 Å². The first-order valence-electron chi connectivity index (χ1n) is 11.6. The fourth-order valence-corrected chi connectivity index (χ4v) is 3.26. The van der Waals surface area contributed by atoms with E-state index in [-0.39, 0.29) is 11.5 Å². The standard InChI is InChI=1S/C26H33F3N4O3/c1-17-8-10-18(11-9-17)15-30-13-12-21(24(36)33-25(2,3)4)32-22(34)16-31-23(35)19-6-5-7-20(14-19)26(27,28)29/h5-11,14,21,30H,12-13,15-16H2,1-4H3,(H,31,35)(H,32,34)(H,33,36)/t21-/m0/s1. The maximum absolute atomic E-state index is 12.9. The average molecular weight is 507 g/mol. The van der Waals surface area contributed by atoms with E-state index < -0.39 is 41.7 Å². The lowest BCUT2D eigenvalue weighted by atomic mass is 10.1. The van der Waals surface area contributed by atoms with Crippen LogP contribution in [0.2, 0.25) is 0 Å². The highest BCUT2D eigenvalue weighted by Gasteiger charge is 2.31. The number of carbonyl (C=O) groups is 3. The van der Waals surface area contributed by atoms with Crippen LogP contribution in [0.1, 0.15) is 54.2 Å². The summed E-state index contributed by atoms with van der Waals surface area (Å²) in [6, 6.07) is 11.1. The van der Waals surface area contributed by atoms with Crippen molar-refractivity contribution in [3.8, 4) is 0 Å². The van der Waals surface area contributed by atoms with Gasteiger partial charge in [0.15, 0.2) is 0 Å². The van der Waals surface area contributed by atoms with Crippen LogP contribution in [0, 0.1) is 6.92 Å². The summed E-state index contributed by atoms with van der Waals surface area (Å²) in [5.74, 6) is -1.84. The Morgan fingerprint density at radius 2 is 1.64 bits per heavy atom. The minimum absolute atomic E-state index is 0.222. The van der Waals surface area contributed by atoms with Gasteiger partial charge in [-0.25, -0.2) is 0 Å². The zero-order valence-electron chi connectivity index (χ0n) is 20.9. The van der Waals surface area contributed by atoms with E-state index >= 15 is 0 Å². The molecule has 0 fully saturated rings. The van der Waals surface area contributed by atoms with Crippen LogP contribution < -0.4 is 21.3 Å². The summed E-state index contributed by atoms with van der Waals surface area (Å²) < 4.78 is 38.6. The second-order valence-electron chi connectivity index (χ2n) is 9.57. The van der Waals surface area contributed by atoms with Gasteiger partial charge in [0.1, 0.15) is 6.04 Å². The van der Waals surface area contributed by atoms with Gasteiger partial charge in [-0.2, -0.15) is 13.2 Å². The molecule has 3 amide bonds. The summed E-state index contributed by atoms with van der Waals surface area (Å²) in [7, 11) is 0. The number of hydrogen-bond acceptors (Lipinski definition) is 4. The van der Waals surface area contributed by atoms with Crippen molar-refractivity contribution in [3.05, 3.63) is 70.8 Å². The van der Waals surface area contributed by atoms with Gasteiger partial charge in [0.2, 0.25) is 11.8 Å². The number of alkyl halides is 3. The Morgan fingerprint density at radius 3 is 2.25 bits per heavy atom. The van der Waals surface area contributed by atoms with Crippen LogP contribution in [-0.2, 0) is 22.3 Å². The van der Waals surface area contributed by atoms with Gasteiger partial charge in [0, 0.05) is 17.6 Å². The number of hydrogen-bond donors (Lipinski definition) is 4. The molecule has 0 unspecified atom stereocenters. The molecule has 7 nitrogen and oxygen atoms in total. The Morgan fingerprint density at radius 1 is 0.972 bits per heavy atom. The molecule has 0 aliphatic carbocycles. The van der Waals surface area contributed by atoms with Gasteiger partial charge in [-0.15, -0.1) is 0 Å². The zero-order valence-corrected chi connectivity index (χ0v) is 20.9. The highest BCUT2D eigenvalue weighted by atomic mass is 19.4. The summed E-state index contributed by atoms with van der Waals surface area (Å²) >= 11 is 0. The van der Waals surface area contributed by atoms with E-state index in [9.17, 15) is 27.6 Å². The monoisotopic (exact) mass is 506 g/mol. The summed E-state index contributed by atoms with van der Waals surface area (Å²) in [4.78, 5) is 37.5. The van der Waals surface area contributed by atoms with Crippen LogP contribution in [-0.4, -0.2) is 42.4 Å². The number of rotatable bonds is 10. The van der Waals surface area contributed by atoms with E-state index in [2.05, 4.69) is 21.3 Å². The molecule has 0 radical (unpaired) electrons. The van der Waals surface area contributed by atoms with Gasteiger partial charge in [-0.1, -0.05) is 35.9 Å². The molecule has 0 heterocycles. The molecule has 0 bridgehead atoms. The number of carbonyl (C=O) groups excluding carboxylic acids is 3. The zero-order chi connectivity index (χ0) is 26.9. The summed E-state index contributed by atoms with van der Waals surface area (Å²) in [6.45, 7) is 7.98. The molecule has 0 aliphatic heterocycles. The molecule has 0 aliphatic rings. The topological polar surface area (TPSA) is 99.3 Å². The largest absolute Gasteiger partial charge is 0.416 e. The third-order valence-electron chi connectivity index (χ3n) is 5.07. The van der Waals surface area contributed by atoms with Crippen molar-refractivity contribution in [1.29, 1.82) is 0 Å². The molecule has 2 aromatic rings. The van der Waals surface area contributed by atoms with Crippen molar-refractivity contribution in [1.82, 2.24) is 21.3 Å². The molecular formula is C26H33F3N4O3. The van der Waals surface area contributed by atoms with Gasteiger partial charge < -0.3 is 21.3 Å². The van der Waals surface area contributed by atoms with Crippen molar-refractivity contribution in [2.45, 2.75) is 58.4 Å². The van der Waals surface area contributed by atoms with Gasteiger partial charge in [-0.05, 0) is 64.4 Å². The van der Waals surface area contributed by atoms with Crippen LogP contribution in [0.25, 0.3) is 0 Å². The highest BCUT2D eigenvalue weighted by molar-refractivity contribution is 5.97. The van der Waals surface area contributed by atoms with E-state index in [1.807, 2.05) is 52.0 Å². The first kappa shape index (κ1) is 28.8. The molecule has 196 valence electrons. The Labute approximate surface area is 209 Å². The second-order valence-corrected chi connectivity index (χ2v) is 9.57. The quantitative estimate of drug-likeness (QED) is 0.372. The molecular weight excluding hydrogens is 473 g/mol. The maximum Gasteiger partial charge on any atom is 0.416 e. The lowest BCUT2D eigenvalue weighted by Gasteiger charge is -2.25. The lowest BCUT2D eigenvalue weighted by molar-refractivity contribution is -0.137. The van der Waals surface area contributed by atoms with Gasteiger partial charge >= 0.3 is 6.18 Å². The van der Waals surface area contributed by atoms with Gasteiger partial charge in [0.25, 0.3) is 5.91 Å². The normalized spacial score (nSPS) is 12.5. The first-order valence-corrected chi connectivity index (χ1v) is 11.6. The molecule has 0 aromatic heterocycles. The average Bonchev–Trinajstić information content (AvgIpc) is 2.79. The minimum Gasteiger partial charge on any atom is -0.350 e. The molecule has 2 aromatic carbocycles. The predicted molar refractivity (Wildman–Crippen MR) is 131 cm³/mol. The minimum atomic E-state index is -4.59. The van der Waals surface area contributed by atoms with Gasteiger partial charge in [-0.3, -0.25) is 14.4 Å². The molecule has 4 N–H and O–H groups in total. The Bertz CT molecular complexity index is 1050. The second kappa shape index (κ2) is 12.5. The van der Waals surface area contributed by atoms with Crippen LogP contribution in [0.4, 0.5) is 13.2 Å². The number of halogens is 3. The number of aryl methyl sites for hydroxylation is 1. The van der Waals surface area contributed by atoms with Crippen molar-refractivity contribution in [2.75, 3.05) is 13.1 Å². The van der Waals surface area contributed by atoms with E-state index in [0.29, 0.717) is 25.6 Å². The summed E-state index contributed by atoms with van der Waals surface area (Å²) in [5.41, 5.74) is 0.530. The van der Waals surface area contributed by atoms with Crippen molar-refractivity contribution < 1.29 is 27.6 Å². The van der Waals surface area contributed by atoms with Gasteiger partial charge in [0.05, 0.1) is 12.1 Å². The molecule has 0 saturated carbocycles. The van der Waals surface area contributed by atoms with E-state index in [1.54, 1.807) is 0 Å². The first-order chi connectivity index (χ1) is 16.7. The molecule has 36 heavy (non-hydrogen) atoms. The van der Waals surface area contributed by atoms with E-state index in [4.69, 9.17) is 0 Å². The van der Waals surface area contributed by atoms with Crippen LogP contribution in [0.5, 0.6) is 0 Å². The molecule has 10 heteroatoms. The summed E-state index contributed by atoms with van der Waals surface area (Å²) in [5, 5.41) is 11.0. The Hall–Kier alpha value is -3.40. The highest BCUT2D eigenvalue weighted by Crippen LogP contribution is 2.29.